The van der Waals surface area contributed by atoms with Crippen LogP contribution in [0.5, 0.6) is 0 Å². The molecule has 96 valence electrons. The van der Waals surface area contributed by atoms with E-state index in [-0.39, 0.29) is 6.10 Å². The van der Waals surface area contributed by atoms with Gasteiger partial charge in [0.15, 0.2) is 0 Å². The van der Waals surface area contributed by atoms with E-state index in [2.05, 4.69) is 24.1 Å². The van der Waals surface area contributed by atoms with Crippen LogP contribution in [0.2, 0.25) is 0 Å². The predicted molar refractivity (Wildman–Crippen MR) is 68.6 cm³/mol. The number of piperidine rings is 1. The Labute approximate surface area is 100 Å². The van der Waals surface area contributed by atoms with Gasteiger partial charge in [0, 0.05) is 19.1 Å². The normalized spacial score (nSPS) is 24.0. The molecule has 0 bridgehead atoms. The average Bonchev–Trinajstić information content (AvgIpc) is 2.29. The third kappa shape index (κ3) is 4.81. The molecule has 0 radical (unpaired) electrons. The molecule has 3 nitrogen and oxygen atoms in total. The molecule has 1 saturated heterocycles. The number of hydrogen-bond acceptors (Lipinski definition) is 3. The molecule has 1 fully saturated rings. The molecule has 0 aromatic heterocycles. The fourth-order valence-corrected chi connectivity index (χ4v) is 2.31. The third-order valence-corrected chi connectivity index (χ3v) is 3.54. The third-order valence-electron chi connectivity index (χ3n) is 3.54. The van der Waals surface area contributed by atoms with Crippen molar-refractivity contribution in [2.24, 2.45) is 5.92 Å². The standard InChI is InChI=1S/C13H28N2O/c1-4-13(16)10-15(11(2)3)9-12-6-5-7-14-8-12/h11-14,16H,4-10H2,1-3H3. The molecule has 0 aromatic rings. The Morgan fingerprint density at radius 3 is 2.69 bits per heavy atom. The van der Waals surface area contributed by atoms with Gasteiger partial charge in [0.25, 0.3) is 0 Å². The maximum atomic E-state index is 9.75. The summed E-state index contributed by atoms with van der Waals surface area (Å²) < 4.78 is 0. The second-order valence-corrected chi connectivity index (χ2v) is 5.32. The van der Waals surface area contributed by atoms with Crippen LogP contribution in [-0.4, -0.2) is 48.3 Å². The minimum absolute atomic E-state index is 0.168. The van der Waals surface area contributed by atoms with Crippen LogP contribution in [0.15, 0.2) is 0 Å². The van der Waals surface area contributed by atoms with Crippen LogP contribution in [-0.2, 0) is 0 Å². The minimum atomic E-state index is -0.168. The molecule has 1 heterocycles. The number of aliphatic hydroxyl groups is 1. The summed E-state index contributed by atoms with van der Waals surface area (Å²) in [7, 11) is 0. The molecule has 0 spiro atoms. The van der Waals surface area contributed by atoms with Crippen LogP contribution < -0.4 is 5.32 Å². The van der Waals surface area contributed by atoms with E-state index in [0.717, 1.165) is 32.0 Å². The van der Waals surface area contributed by atoms with Crippen LogP contribution in [0.25, 0.3) is 0 Å². The lowest BCUT2D eigenvalue weighted by atomic mass is 9.98. The van der Waals surface area contributed by atoms with Crippen LogP contribution in [0.4, 0.5) is 0 Å². The molecule has 2 atom stereocenters. The molecule has 0 saturated carbocycles. The first-order valence-corrected chi connectivity index (χ1v) is 6.76. The van der Waals surface area contributed by atoms with Gasteiger partial charge in [-0.1, -0.05) is 6.92 Å². The number of nitrogens with one attached hydrogen (secondary N) is 1. The summed E-state index contributed by atoms with van der Waals surface area (Å²) in [4.78, 5) is 2.42. The van der Waals surface area contributed by atoms with Gasteiger partial charge in [-0.15, -0.1) is 0 Å². The number of rotatable bonds is 6. The Balaban J connectivity index is 2.37. The van der Waals surface area contributed by atoms with Gasteiger partial charge >= 0.3 is 0 Å². The molecule has 16 heavy (non-hydrogen) atoms. The molecule has 1 rings (SSSR count). The van der Waals surface area contributed by atoms with Gasteiger partial charge in [0.05, 0.1) is 6.10 Å². The second kappa shape index (κ2) is 7.25. The number of nitrogens with zero attached hydrogens (tertiary/aromatic N) is 1. The van der Waals surface area contributed by atoms with Gasteiger partial charge in [-0.25, -0.2) is 0 Å². The second-order valence-electron chi connectivity index (χ2n) is 5.32. The van der Waals surface area contributed by atoms with E-state index in [0.29, 0.717) is 6.04 Å². The van der Waals surface area contributed by atoms with E-state index >= 15 is 0 Å². The lowest BCUT2D eigenvalue weighted by molar-refractivity contribution is 0.0785. The zero-order chi connectivity index (χ0) is 12.0. The molecular weight excluding hydrogens is 200 g/mol. The zero-order valence-corrected chi connectivity index (χ0v) is 11.1. The molecule has 1 aliphatic heterocycles. The van der Waals surface area contributed by atoms with Crippen molar-refractivity contribution in [1.29, 1.82) is 0 Å². The van der Waals surface area contributed by atoms with Gasteiger partial charge in [0.1, 0.15) is 0 Å². The highest BCUT2D eigenvalue weighted by molar-refractivity contribution is 4.76. The van der Waals surface area contributed by atoms with Crippen LogP contribution in [0.1, 0.15) is 40.0 Å². The van der Waals surface area contributed by atoms with Crippen molar-refractivity contribution in [2.45, 2.75) is 52.2 Å². The van der Waals surface area contributed by atoms with E-state index in [9.17, 15) is 5.11 Å². The molecule has 0 amide bonds. The summed E-state index contributed by atoms with van der Waals surface area (Å²) in [5.41, 5.74) is 0. The van der Waals surface area contributed by atoms with Gasteiger partial charge in [-0.2, -0.15) is 0 Å². The highest BCUT2D eigenvalue weighted by atomic mass is 16.3. The summed E-state index contributed by atoms with van der Waals surface area (Å²) in [5, 5.41) is 13.2. The zero-order valence-electron chi connectivity index (χ0n) is 11.1. The van der Waals surface area contributed by atoms with E-state index in [1.165, 1.54) is 19.4 Å². The first-order valence-electron chi connectivity index (χ1n) is 6.76. The predicted octanol–water partition coefficient (Wildman–Crippen LogP) is 1.47. The van der Waals surface area contributed by atoms with E-state index < -0.39 is 0 Å². The fraction of sp³-hybridized carbons (Fsp3) is 1.00. The first kappa shape index (κ1) is 13.9. The Morgan fingerprint density at radius 2 is 2.19 bits per heavy atom. The van der Waals surface area contributed by atoms with Gasteiger partial charge in [-0.3, -0.25) is 4.90 Å². The van der Waals surface area contributed by atoms with Gasteiger partial charge in [-0.05, 0) is 52.1 Å². The SMILES string of the molecule is CCC(O)CN(CC1CCCNC1)C(C)C. The minimum Gasteiger partial charge on any atom is -0.392 e. The lowest BCUT2D eigenvalue weighted by Gasteiger charge is -2.33. The van der Waals surface area contributed by atoms with E-state index in [4.69, 9.17) is 0 Å². The quantitative estimate of drug-likeness (QED) is 0.722. The molecule has 2 N–H and O–H groups in total. The van der Waals surface area contributed by atoms with Crippen molar-refractivity contribution >= 4 is 0 Å². The molecule has 3 heteroatoms. The van der Waals surface area contributed by atoms with Crippen LogP contribution in [0.3, 0.4) is 0 Å². The molecule has 1 aliphatic rings. The Morgan fingerprint density at radius 1 is 1.44 bits per heavy atom. The molecule has 0 aliphatic carbocycles. The highest BCUT2D eigenvalue weighted by Crippen LogP contribution is 2.14. The lowest BCUT2D eigenvalue weighted by Crippen LogP contribution is -2.44. The van der Waals surface area contributed by atoms with Crippen molar-refractivity contribution in [2.75, 3.05) is 26.2 Å². The first-order chi connectivity index (χ1) is 7.63. The largest absolute Gasteiger partial charge is 0.392 e. The Hall–Kier alpha value is -0.120. The van der Waals surface area contributed by atoms with Crippen molar-refractivity contribution in [3.8, 4) is 0 Å². The topological polar surface area (TPSA) is 35.5 Å². The molecular formula is C13H28N2O. The van der Waals surface area contributed by atoms with Crippen molar-refractivity contribution in [3.63, 3.8) is 0 Å². The molecule has 0 aromatic carbocycles. The molecule has 2 unspecified atom stereocenters. The maximum Gasteiger partial charge on any atom is 0.0664 e. The fourth-order valence-electron chi connectivity index (χ4n) is 2.31. The Kier molecular flexibility index (Phi) is 6.32. The summed E-state index contributed by atoms with van der Waals surface area (Å²) in [6, 6.07) is 0.531. The van der Waals surface area contributed by atoms with Crippen LogP contribution in [0, 0.1) is 5.92 Å². The smallest absolute Gasteiger partial charge is 0.0664 e. The average molecular weight is 228 g/mol. The summed E-state index contributed by atoms with van der Waals surface area (Å²) in [6.07, 6.45) is 3.32. The van der Waals surface area contributed by atoms with E-state index in [1.54, 1.807) is 0 Å². The van der Waals surface area contributed by atoms with Crippen molar-refractivity contribution in [1.82, 2.24) is 10.2 Å². The summed E-state index contributed by atoms with van der Waals surface area (Å²) in [5.74, 6) is 0.764. The van der Waals surface area contributed by atoms with Gasteiger partial charge in [0.2, 0.25) is 0 Å². The number of hydrogen-bond donors (Lipinski definition) is 2. The van der Waals surface area contributed by atoms with Gasteiger partial charge < -0.3 is 10.4 Å². The Bertz CT molecular complexity index is 179. The maximum absolute atomic E-state index is 9.75. The summed E-state index contributed by atoms with van der Waals surface area (Å²) >= 11 is 0. The van der Waals surface area contributed by atoms with Crippen molar-refractivity contribution < 1.29 is 5.11 Å². The highest BCUT2D eigenvalue weighted by Gasteiger charge is 2.20. The summed E-state index contributed by atoms with van der Waals surface area (Å²) in [6.45, 7) is 10.8. The van der Waals surface area contributed by atoms with Crippen molar-refractivity contribution in [3.05, 3.63) is 0 Å². The monoisotopic (exact) mass is 228 g/mol. The van der Waals surface area contributed by atoms with E-state index in [1.807, 2.05) is 6.92 Å². The number of aliphatic hydroxyl groups excluding tert-OH is 1. The van der Waals surface area contributed by atoms with Crippen LogP contribution >= 0.6 is 0 Å².